The zero-order valence-electron chi connectivity index (χ0n) is 11.3. The third kappa shape index (κ3) is 4.84. The van der Waals surface area contributed by atoms with Gasteiger partial charge in [-0.2, -0.15) is 0 Å². The van der Waals surface area contributed by atoms with Gasteiger partial charge in [-0.25, -0.2) is 0 Å². The van der Waals surface area contributed by atoms with Gasteiger partial charge in [0.1, 0.15) is 12.4 Å². The van der Waals surface area contributed by atoms with Crippen LogP contribution in [-0.2, 0) is 4.74 Å². The molecule has 1 rings (SSSR count). The lowest BCUT2D eigenvalue weighted by Crippen LogP contribution is -2.12. The van der Waals surface area contributed by atoms with Crippen molar-refractivity contribution in [3.8, 4) is 5.75 Å². The summed E-state index contributed by atoms with van der Waals surface area (Å²) >= 11 is 0. The van der Waals surface area contributed by atoms with Gasteiger partial charge in [0.05, 0.1) is 23.7 Å². The summed E-state index contributed by atoms with van der Waals surface area (Å²) in [6.07, 6.45) is -0.711. The molecule has 0 unspecified atom stereocenters. The molecule has 0 aliphatic rings. The Kier molecular flexibility index (Phi) is 5.72. The Morgan fingerprint density at radius 3 is 2.53 bits per heavy atom. The molecule has 19 heavy (non-hydrogen) atoms. The molecule has 0 bridgehead atoms. The number of ether oxygens (including phenoxy) is 2. The van der Waals surface area contributed by atoms with Crippen LogP contribution in [0.3, 0.4) is 0 Å². The number of non-ortho nitro benzene ring substituents is 1. The van der Waals surface area contributed by atoms with E-state index in [-0.39, 0.29) is 11.8 Å². The summed E-state index contributed by atoms with van der Waals surface area (Å²) in [6, 6.07) is 4.17. The predicted molar refractivity (Wildman–Crippen MR) is 70.3 cm³/mol. The normalized spacial score (nSPS) is 12.5. The first-order valence-electron chi connectivity index (χ1n) is 6.12. The fraction of sp³-hybridized carbons (Fsp3) is 0.538. The molecule has 0 spiro atoms. The lowest BCUT2D eigenvalue weighted by molar-refractivity contribution is -0.385. The van der Waals surface area contributed by atoms with E-state index >= 15 is 0 Å². The van der Waals surface area contributed by atoms with Crippen LogP contribution in [-0.4, -0.2) is 29.3 Å². The van der Waals surface area contributed by atoms with E-state index in [1.165, 1.54) is 25.1 Å². The third-order valence-electron chi connectivity index (χ3n) is 2.45. The van der Waals surface area contributed by atoms with Crippen molar-refractivity contribution in [1.29, 1.82) is 0 Å². The molecule has 1 aromatic rings. The zero-order valence-corrected chi connectivity index (χ0v) is 11.3. The monoisotopic (exact) mass is 269 g/mol. The van der Waals surface area contributed by atoms with Crippen LogP contribution in [0.1, 0.15) is 32.4 Å². The van der Waals surface area contributed by atoms with Gasteiger partial charge >= 0.3 is 0 Å². The molecule has 0 aromatic heterocycles. The Morgan fingerprint density at radius 2 is 2.00 bits per heavy atom. The van der Waals surface area contributed by atoms with Crippen molar-refractivity contribution in [3.05, 3.63) is 33.9 Å². The van der Waals surface area contributed by atoms with E-state index < -0.39 is 11.0 Å². The Morgan fingerprint density at radius 1 is 1.32 bits per heavy atom. The quantitative estimate of drug-likeness (QED) is 0.467. The van der Waals surface area contributed by atoms with Crippen molar-refractivity contribution >= 4 is 5.69 Å². The molecular weight excluding hydrogens is 250 g/mol. The summed E-state index contributed by atoms with van der Waals surface area (Å²) in [5, 5.41) is 20.3. The van der Waals surface area contributed by atoms with Gasteiger partial charge in [-0.3, -0.25) is 10.1 Å². The van der Waals surface area contributed by atoms with Crippen LogP contribution in [0.5, 0.6) is 5.75 Å². The number of benzene rings is 1. The smallest absolute Gasteiger partial charge is 0.270 e. The van der Waals surface area contributed by atoms with Crippen LogP contribution in [0.4, 0.5) is 5.69 Å². The molecule has 0 radical (unpaired) electrons. The maximum Gasteiger partial charge on any atom is 0.270 e. The second kappa shape index (κ2) is 7.06. The number of hydrogen-bond donors (Lipinski definition) is 1. The molecule has 6 nitrogen and oxygen atoms in total. The first-order valence-corrected chi connectivity index (χ1v) is 6.12. The minimum Gasteiger partial charge on any atom is -0.491 e. The van der Waals surface area contributed by atoms with Gasteiger partial charge in [-0.15, -0.1) is 0 Å². The van der Waals surface area contributed by atoms with Crippen LogP contribution in [0, 0.1) is 10.1 Å². The van der Waals surface area contributed by atoms with Gasteiger partial charge in [0.2, 0.25) is 0 Å². The Balaban J connectivity index is 2.74. The number of aliphatic hydroxyl groups is 1. The average molecular weight is 269 g/mol. The van der Waals surface area contributed by atoms with E-state index in [1.54, 1.807) is 0 Å². The molecule has 0 heterocycles. The van der Waals surface area contributed by atoms with E-state index in [0.717, 1.165) is 0 Å². The van der Waals surface area contributed by atoms with Gasteiger partial charge < -0.3 is 14.6 Å². The molecule has 106 valence electrons. The molecule has 0 amide bonds. The number of nitro benzene ring substituents is 1. The highest BCUT2D eigenvalue weighted by Crippen LogP contribution is 2.29. The summed E-state index contributed by atoms with van der Waals surface area (Å²) in [5.41, 5.74) is 0.334. The fourth-order valence-corrected chi connectivity index (χ4v) is 1.54. The molecule has 1 atom stereocenters. The first-order chi connectivity index (χ1) is 8.91. The number of rotatable bonds is 7. The zero-order chi connectivity index (χ0) is 14.4. The lowest BCUT2D eigenvalue weighted by atomic mass is 10.1. The van der Waals surface area contributed by atoms with E-state index in [1.807, 2.05) is 13.8 Å². The van der Waals surface area contributed by atoms with E-state index in [4.69, 9.17) is 9.47 Å². The van der Waals surface area contributed by atoms with Gasteiger partial charge in [0.15, 0.2) is 0 Å². The Labute approximate surface area is 112 Å². The maximum absolute atomic E-state index is 10.7. The predicted octanol–water partition coefficient (Wildman–Crippen LogP) is 2.45. The standard InChI is InChI=1S/C13H19NO5/c1-9(2)18-6-7-19-13-5-4-11(14(16)17)8-12(13)10(3)15/h4-5,8-10,15H,6-7H2,1-3H3/t10-/m0/s1. The highest BCUT2D eigenvalue weighted by molar-refractivity contribution is 5.44. The van der Waals surface area contributed by atoms with Crippen molar-refractivity contribution in [2.24, 2.45) is 0 Å². The highest BCUT2D eigenvalue weighted by Gasteiger charge is 2.15. The van der Waals surface area contributed by atoms with Gasteiger partial charge in [-0.1, -0.05) is 0 Å². The highest BCUT2D eigenvalue weighted by atomic mass is 16.6. The van der Waals surface area contributed by atoms with E-state index in [9.17, 15) is 15.2 Å². The second-order valence-corrected chi connectivity index (χ2v) is 4.42. The van der Waals surface area contributed by atoms with Crippen LogP contribution in [0.15, 0.2) is 18.2 Å². The van der Waals surface area contributed by atoms with Crippen molar-refractivity contribution in [1.82, 2.24) is 0 Å². The van der Waals surface area contributed by atoms with Gasteiger partial charge in [0.25, 0.3) is 5.69 Å². The Hall–Kier alpha value is -1.66. The third-order valence-corrected chi connectivity index (χ3v) is 2.45. The van der Waals surface area contributed by atoms with Crippen LogP contribution in [0.25, 0.3) is 0 Å². The number of nitrogens with zero attached hydrogens (tertiary/aromatic N) is 1. The largest absolute Gasteiger partial charge is 0.491 e. The molecule has 1 N–H and O–H groups in total. The molecule has 0 saturated heterocycles. The summed E-state index contributed by atoms with van der Waals surface area (Å²) < 4.78 is 10.8. The lowest BCUT2D eigenvalue weighted by Gasteiger charge is -2.14. The van der Waals surface area contributed by atoms with Gasteiger partial charge in [-0.05, 0) is 26.8 Å². The molecule has 6 heteroatoms. The number of aliphatic hydroxyl groups excluding tert-OH is 1. The van der Waals surface area contributed by atoms with Crippen molar-refractivity contribution in [3.63, 3.8) is 0 Å². The van der Waals surface area contributed by atoms with E-state index in [0.29, 0.717) is 24.5 Å². The minimum absolute atomic E-state index is 0.0679. The van der Waals surface area contributed by atoms with Crippen molar-refractivity contribution < 1.29 is 19.5 Å². The topological polar surface area (TPSA) is 81.8 Å². The van der Waals surface area contributed by atoms with Crippen LogP contribution in [0.2, 0.25) is 0 Å². The summed E-state index contributed by atoms with van der Waals surface area (Å²) in [6.45, 7) is 6.14. The summed E-state index contributed by atoms with van der Waals surface area (Å²) in [4.78, 5) is 10.2. The van der Waals surface area contributed by atoms with Crippen LogP contribution >= 0.6 is 0 Å². The van der Waals surface area contributed by atoms with E-state index in [2.05, 4.69) is 0 Å². The average Bonchev–Trinajstić information content (AvgIpc) is 2.34. The number of nitro groups is 1. The molecule has 0 saturated carbocycles. The molecule has 1 aromatic carbocycles. The maximum atomic E-state index is 10.7. The fourth-order valence-electron chi connectivity index (χ4n) is 1.54. The molecule has 0 aliphatic carbocycles. The second-order valence-electron chi connectivity index (χ2n) is 4.42. The first kappa shape index (κ1) is 15.4. The molecule has 0 fully saturated rings. The molecule has 0 aliphatic heterocycles. The minimum atomic E-state index is -0.832. The SMILES string of the molecule is CC(C)OCCOc1ccc([N+](=O)[O-])cc1[C@H](C)O. The number of hydrogen-bond acceptors (Lipinski definition) is 5. The Bertz CT molecular complexity index is 431. The van der Waals surface area contributed by atoms with Crippen molar-refractivity contribution in [2.75, 3.05) is 13.2 Å². The van der Waals surface area contributed by atoms with Gasteiger partial charge in [0, 0.05) is 17.7 Å². The molecular formula is C13H19NO5. The summed E-state index contributed by atoms with van der Waals surface area (Å²) in [5.74, 6) is 0.438. The van der Waals surface area contributed by atoms with Crippen molar-refractivity contribution in [2.45, 2.75) is 33.0 Å². The summed E-state index contributed by atoms with van der Waals surface area (Å²) in [7, 11) is 0. The van der Waals surface area contributed by atoms with Crippen LogP contribution < -0.4 is 4.74 Å².